The Morgan fingerprint density at radius 2 is 1.48 bits per heavy atom. The molecule has 0 aliphatic carbocycles. The zero-order valence-corrected chi connectivity index (χ0v) is 16.0. The Hall–Kier alpha value is -2.70. The number of carbonyl (C=O) groups excluding carboxylic acids is 1. The molecule has 0 saturated heterocycles. The molecule has 1 amide bonds. The van der Waals surface area contributed by atoms with Crippen LogP contribution in [-0.4, -0.2) is 20.4 Å². The number of hydrogen-bond acceptors (Lipinski definition) is 3. The van der Waals surface area contributed by atoms with Gasteiger partial charge in [-0.05, 0) is 42.3 Å². The average molecular weight is 382 g/mol. The van der Waals surface area contributed by atoms with Crippen LogP contribution in [0.1, 0.15) is 25.5 Å². The van der Waals surface area contributed by atoms with Gasteiger partial charge < -0.3 is 5.32 Å². The lowest BCUT2D eigenvalue weighted by Gasteiger charge is -2.19. The molecule has 0 aliphatic rings. The van der Waals surface area contributed by atoms with Gasteiger partial charge in [0.2, 0.25) is 15.9 Å². The summed E-state index contributed by atoms with van der Waals surface area (Å²) in [7, 11) is -3.81. The van der Waals surface area contributed by atoms with Crippen LogP contribution in [-0.2, 0) is 14.8 Å². The van der Waals surface area contributed by atoms with E-state index in [9.17, 15) is 13.2 Å². The minimum atomic E-state index is -3.81. The second kappa shape index (κ2) is 7.90. The largest absolute Gasteiger partial charge is 0.348 e. The van der Waals surface area contributed by atoms with E-state index in [4.69, 9.17) is 0 Å². The number of rotatable bonds is 6. The third-order valence-corrected chi connectivity index (χ3v) is 5.95. The Morgan fingerprint density at radius 3 is 2.19 bits per heavy atom. The SMILES string of the molecule is C[C@H](NC(=O)[C@@H](C)NS(=O)(=O)c1ccc2ccccc2c1)c1ccccc1. The molecule has 5 nitrogen and oxygen atoms in total. The summed E-state index contributed by atoms with van der Waals surface area (Å²) in [6.07, 6.45) is 0. The first-order valence-electron chi connectivity index (χ1n) is 8.73. The van der Waals surface area contributed by atoms with E-state index in [0.29, 0.717) is 0 Å². The molecule has 0 bridgehead atoms. The second-order valence-corrected chi connectivity index (χ2v) is 8.21. The predicted octanol–water partition coefficient (Wildman–Crippen LogP) is 3.38. The predicted molar refractivity (Wildman–Crippen MR) is 107 cm³/mol. The van der Waals surface area contributed by atoms with Gasteiger partial charge in [0.25, 0.3) is 0 Å². The number of carbonyl (C=O) groups is 1. The molecular formula is C21H22N2O3S. The van der Waals surface area contributed by atoms with Gasteiger partial charge in [0.05, 0.1) is 17.0 Å². The Balaban J connectivity index is 1.71. The zero-order valence-electron chi connectivity index (χ0n) is 15.2. The molecular weight excluding hydrogens is 360 g/mol. The second-order valence-electron chi connectivity index (χ2n) is 6.49. The van der Waals surface area contributed by atoms with Crippen molar-refractivity contribution < 1.29 is 13.2 Å². The van der Waals surface area contributed by atoms with E-state index in [1.54, 1.807) is 18.2 Å². The Bertz CT molecular complexity index is 1050. The first-order valence-corrected chi connectivity index (χ1v) is 10.2. The van der Waals surface area contributed by atoms with Crippen LogP contribution >= 0.6 is 0 Å². The van der Waals surface area contributed by atoms with Crippen molar-refractivity contribution in [1.29, 1.82) is 0 Å². The van der Waals surface area contributed by atoms with Crippen molar-refractivity contribution in [2.45, 2.75) is 30.8 Å². The molecule has 0 aromatic heterocycles. The van der Waals surface area contributed by atoms with Crippen LogP contribution in [0, 0.1) is 0 Å². The summed E-state index contributed by atoms with van der Waals surface area (Å²) in [6.45, 7) is 3.39. The first-order chi connectivity index (χ1) is 12.9. The highest BCUT2D eigenvalue weighted by Gasteiger charge is 2.23. The number of amides is 1. The summed E-state index contributed by atoms with van der Waals surface area (Å²) in [5.41, 5.74) is 0.954. The van der Waals surface area contributed by atoms with E-state index < -0.39 is 16.1 Å². The molecule has 27 heavy (non-hydrogen) atoms. The molecule has 0 unspecified atom stereocenters. The Kier molecular flexibility index (Phi) is 5.58. The van der Waals surface area contributed by atoms with Crippen LogP contribution in [0.25, 0.3) is 10.8 Å². The van der Waals surface area contributed by atoms with Crippen molar-refractivity contribution in [3.63, 3.8) is 0 Å². The van der Waals surface area contributed by atoms with Crippen LogP contribution in [0.2, 0.25) is 0 Å². The van der Waals surface area contributed by atoms with Crippen molar-refractivity contribution >= 4 is 26.7 Å². The summed E-state index contributed by atoms with van der Waals surface area (Å²) in [5, 5.41) is 4.62. The summed E-state index contributed by atoms with van der Waals surface area (Å²) in [4.78, 5) is 12.5. The van der Waals surface area contributed by atoms with Gasteiger partial charge in [0.15, 0.2) is 0 Å². The van der Waals surface area contributed by atoms with Crippen molar-refractivity contribution in [1.82, 2.24) is 10.0 Å². The molecule has 0 heterocycles. The van der Waals surface area contributed by atoms with E-state index in [1.807, 2.05) is 61.5 Å². The van der Waals surface area contributed by atoms with Crippen molar-refractivity contribution in [2.75, 3.05) is 0 Å². The maximum atomic E-state index is 12.7. The molecule has 0 radical (unpaired) electrons. The number of fused-ring (bicyclic) bond motifs is 1. The summed E-state index contributed by atoms with van der Waals surface area (Å²) in [5.74, 6) is -0.379. The smallest absolute Gasteiger partial charge is 0.241 e. The molecule has 3 aromatic carbocycles. The third-order valence-electron chi connectivity index (χ3n) is 4.41. The molecule has 2 N–H and O–H groups in total. The fourth-order valence-electron chi connectivity index (χ4n) is 2.85. The molecule has 140 valence electrons. The van der Waals surface area contributed by atoms with Gasteiger partial charge in [-0.25, -0.2) is 8.42 Å². The van der Waals surface area contributed by atoms with E-state index in [1.165, 1.54) is 6.92 Å². The van der Waals surface area contributed by atoms with Crippen LogP contribution in [0.15, 0.2) is 77.7 Å². The van der Waals surface area contributed by atoms with Crippen LogP contribution in [0.4, 0.5) is 0 Å². The number of nitrogens with one attached hydrogen (secondary N) is 2. The summed E-state index contributed by atoms with van der Waals surface area (Å²) in [6, 6.07) is 20.8. The van der Waals surface area contributed by atoms with Gasteiger partial charge in [-0.1, -0.05) is 60.7 Å². The molecule has 3 rings (SSSR count). The monoisotopic (exact) mass is 382 g/mol. The average Bonchev–Trinajstić information content (AvgIpc) is 2.67. The first kappa shape index (κ1) is 19.1. The highest BCUT2D eigenvalue weighted by atomic mass is 32.2. The van der Waals surface area contributed by atoms with Gasteiger partial charge in [-0.3, -0.25) is 4.79 Å². The molecule has 0 aliphatic heterocycles. The summed E-state index contributed by atoms with van der Waals surface area (Å²) >= 11 is 0. The minimum Gasteiger partial charge on any atom is -0.348 e. The van der Waals surface area contributed by atoms with E-state index in [2.05, 4.69) is 10.0 Å². The van der Waals surface area contributed by atoms with E-state index in [0.717, 1.165) is 16.3 Å². The third kappa shape index (κ3) is 4.53. The van der Waals surface area contributed by atoms with Crippen molar-refractivity contribution in [2.24, 2.45) is 0 Å². The van der Waals surface area contributed by atoms with E-state index in [-0.39, 0.29) is 16.8 Å². The quantitative estimate of drug-likeness (QED) is 0.686. The molecule has 2 atom stereocenters. The number of benzene rings is 3. The minimum absolute atomic E-state index is 0.136. The Morgan fingerprint density at radius 1 is 0.852 bits per heavy atom. The molecule has 0 saturated carbocycles. The fraction of sp³-hybridized carbons (Fsp3) is 0.190. The Labute approximate surface area is 159 Å². The van der Waals surface area contributed by atoms with Crippen molar-refractivity contribution in [3.05, 3.63) is 78.4 Å². The topological polar surface area (TPSA) is 75.3 Å². The summed E-state index contributed by atoms with van der Waals surface area (Å²) < 4.78 is 27.8. The highest BCUT2D eigenvalue weighted by Crippen LogP contribution is 2.19. The highest BCUT2D eigenvalue weighted by molar-refractivity contribution is 7.89. The maximum Gasteiger partial charge on any atom is 0.241 e. The lowest BCUT2D eigenvalue weighted by atomic mass is 10.1. The molecule has 0 spiro atoms. The van der Waals surface area contributed by atoms with Gasteiger partial charge in [0, 0.05) is 0 Å². The molecule has 0 fully saturated rings. The normalized spacial score (nSPS) is 13.9. The van der Waals surface area contributed by atoms with E-state index >= 15 is 0 Å². The zero-order chi connectivity index (χ0) is 19.4. The van der Waals surface area contributed by atoms with Gasteiger partial charge in [0.1, 0.15) is 0 Å². The number of hydrogen-bond donors (Lipinski definition) is 2. The maximum absolute atomic E-state index is 12.7. The lowest BCUT2D eigenvalue weighted by molar-refractivity contribution is -0.123. The van der Waals surface area contributed by atoms with Crippen LogP contribution < -0.4 is 10.0 Å². The van der Waals surface area contributed by atoms with Gasteiger partial charge in [-0.2, -0.15) is 4.72 Å². The van der Waals surface area contributed by atoms with Gasteiger partial charge in [-0.15, -0.1) is 0 Å². The van der Waals surface area contributed by atoms with Gasteiger partial charge >= 0.3 is 0 Å². The fourth-order valence-corrected chi connectivity index (χ4v) is 4.09. The van der Waals surface area contributed by atoms with Crippen LogP contribution in [0.5, 0.6) is 0 Å². The molecule has 3 aromatic rings. The standard InChI is InChI=1S/C21H22N2O3S/c1-15(17-8-4-3-5-9-17)22-21(24)16(2)23-27(25,26)20-13-12-18-10-6-7-11-19(18)14-20/h3-16,23H,1-2H3,(H,22,24)/t15-,16+/m0/s1. The van der Waals surface area contributed by atoms with Crippen molar-refractivity contribution in [3.8, 4) is 0 Å². The lowest BCUT2D eigenvalue weighted by Crippen LogP contribution is -2.45. The molecule has 6 heteroatoms. The van der Waals surface area contributed by atoms with Crippen LogP contribution in [0.3, 0.4) is 0 Å². The number of sulfonamides is 1.